The first-order chi connectivity index (χ1) is 9.56. The fraction of sp³-hybridized carbons (Fsp3) is 0.357. The van der Waals surface area contributed by atoms with E-state index >= 15 is 0 Å². The van der Waals surface area contributed by atoms with Crippen molar-refractivity contribution < 1.29 is 14.5 Å². The van der Waals surface area contributed by atoms with Crippen molar-refractivity contribution >= 4 is 22.4 Å². The van der Waals surface area contributed by atoms with Crippen LogP contribution in [0, 0.1) is 10.1 Å². The highest BCUT2D eigenvalue weighted by Crippen LogP contribution is 2.28. The normalized spacial score (nSPS) is 22.2. The maximum Gasteiger partial charge on any atom is 0.271 e. The molecule has 0 amide bonds. The number of Topliss-reactive ketones (excluding diaryl/α,β-unsaturated/α-hetero) is 1. The van der Waals surface area contributed by atoms with E-state index in [1.807, 2.05) is 6.92 Å². The quantitative estimate of drug-likeness (QED) is 0.529. The number of nitrogens with zero attached hydrogens (tertiary/aromatic N) is 1. The van der Waals surface area contributed by atoms with E-state index in [2.05, 4.69) is 4.98 Å². The van der Waals surface area contributed by atoms with Crippen molar-refractivity contribution in [2.45, 2.75) is 32.0 Å². The molecule has 6 heteroatoms. The topological polar surface area (TPSA) is 85.2 Å². The molecule has 2 aromatic rings. The fourth-order valence-electron chi connectivity index (χ4n) is 2.60. The van der Waals surface area contributed by atoms with Gasteiger partial charge in [0.2, 0.25) is 0 Å². The molecule has 1 aliphatic heterocycles. The first kappa shape index (κ1) is 12.8. The van der Waals surface area contributed by atoms with Crippen LogP contribution >= 0.6 is 0 Å². The highest BCUT2D eigenvalue weighted by Gasteiger charge is 2.30. The first-order valence-electron chi connectivity index (χ1n) is 6.51. The molecule has 2 heterocycles. The molecule has 1 saturated heterocycles. The summed E-state index contributed by atoms with van der Waals surface area (Å²) in [5.74, 6) is -0.0607. The number of hydrogen-bond acceptors (Lipinski definition) is 4. The average molecular weight is 274 g/mol. The Morgan fingerprint density at radius 1 is 1.45 bits per heavy atom. The van der Waals surface area contributed by atoms with Crippen molar-refractivity contribution in [1.29, 1.82) is 0 Å². The summed E-state index contributed by atoms with van der Waals surface area (Å²) in [4.78, 5) is 25.6. The van der Waals surface area contributed by atoms with Crippen LogP contribution in [0.5, 0.6) is 0 Å². The molecule has 1 aliphatic rings. The van der Waals surface area contributed by atoms with E-state index in [9.17, 15) is 14.9 Å². The first-order valence-corrected chi connectivity index (χ1v) is 6.51. The molecule has 0 saturated carbocycles. The van der Waals surface area contributed by atoms with Gasteiger partial charge in [-0.05, 0) is 25.8 Å². The van der Waals surface area contributed by atoms with Crippen molar-refractivity contribution in [2.75, 3.05) is 0 Å². The molecular weight excluding hydrogens is 260 g/mol. The summed E-state index contributed by atoms with van der Waals surface area (Å²) >= 11 is 0. The standard InChI is InChI=1S/C14H14N2O4/c1-8-2-5-13(20-8)14(17)11-7-15-12-6-9(16(18)19)3-4-10(11)12/h3-4,6-8,13,15H,2,5H2,1H3. The minimum Gasteiger partial charge on any atom is -0.367 e. The molecule has 1 fully saturated rings. The summed E-state index contributed by atoms with van der Waals surface area (Å²) in [5, 5.41) is 11.4. The number of nitro groups is 1. The minimum absolute atomic E-state index is 0.00378. The van der Waals surface area contributed by atoms with Crippen molar-refractivity contribution in [2.24, 2.45) is 0 Å². The Labute approximate surface area is 114 Å². The van der Waals surface area contributed by atoms with Gasteiger partial charge in [-0.1, -0.05) is 0 Å². The molecule has 0 spiro atoms. The van der Waals surface area contributed by atoms with E-state index in [0.29, 0.717) is 16.5 Å². The van der Waals surface area contributed by atoms with Gasteiger partial charge in [-0.2, -0.15) is 0 Å². The molecule has 20 heavy (non-hydrogen) atoms. The largest absolute Gasteiger partial charge is 0.367 e. The molecule has 3 rings (SSSR count). The number of hydrogen-bond donors (Lipinski definition) is 1. The van der Waals surface area contributed by atoms with Crippen LogP contribution in [0.2, 0.25) is 0 Å². The summed E-state index contributed by atoms with van der Waals surface area (Å²) in [5.41, 5.74) is 1.13. The number of non-ortho nitro benzene ring substituents is 1. The van der Waals surface area contributed by atoms with E-state index in [1.165, 1.54) is 12.1 Å². The molecule has 1 aromatic carbocycles. The zero-order valence-electron chi connectivity index (χ0n) is 11.0. The molecule has 2 atom stereocenters. The number of benzene rings is 1. The Kier molecular flexibility index (Phi) is 3.02. The van der Waals surface area contributed by atoms with E-state index in [-0.39, 0.29) is 17.6 Å². The Bertz CT molecular complexity index is 692. The number of aromatic amines is 1. The van der Waals surface area contributed by atoms with E-state index in [0.717, 1.165) is 12.8 Å². The Balaban J connectivity index is 1.96. The van der Waals surface area contributed by atoms with Gasteiger partial charge in [-0.15, -0.1) is 0 Å². The number of H-pyrrole nitrogens is 1. The lowest BCUT2D eigenvalue weighted by atomic mass is 10.0. The van der Waals surface area contributed by atoms with Gasteiger partial charge in [0, 0.05) is 29.3 Å². The van der Waals surface area contributed by atoms with Crippen molar-refractivity contribution in [1.82, 2.24) is 4.98 Å². The second-order valence-corrected chi connectivity index (χ2v) is 5.07. The molecule has 1 aromatic heterocycles. The number of nitrogens with one attached hydrogen (secondary N) is 1. The lowest BCUT2D eigenvalue weighted by molar-refractivity contribution is -0.384. The van der Waals surface area contributed by atoms with Gasteiger partial charge in [0.05, 0.1) is 16.5 Å². The molecule has 0 bridgehead atoms. The summed E-state index contributed by atoms with van der Waals surface area (Å²) in [7, 11) is 0. The zero-order chi connectivity index (χ0) is 14.3. The van der Waals surface area contributed by atoms with Gasteiger partial charge in [-0.3, -0.25) is 14.9 Å². The van der Waals surface area contributed by atoms with Crippen LogP contribution in [0.3, 0.4) is 0 Å². The maximum absolute atomic E-state index is 12.4. The second kappa shape index (κ2) is 4.72. The van der Waals surface area contributed by atoms with Crippen LogP contribution in [0.1, 0.15) is 30.1 Å². The van der Waals surface area contributed by atoms with Gasteiger partial charge < -0.3 is 9.72 Å². The zero-order valence-corrected chi connectivity index (χ0v) is 11.0. The Morgan fingerprint density at radius 2 is 2.25 bits per heavy atom. The predicted octanol–water partition coefficient (Wildman–Crippen LogP) is 2.83. The lowest BCUT2D eigenvalue weighted by Gasteiger charge is -2.09. The highest BCUT2D eigenvalue weighted by molar-refractivity contribution is 6.10. The van der Waals surface area contributed by atoms with Crippen LogP contribution < -0.4 is 0 Å². The fourth-order valence-corrected chi connectivity index (χ4v) is 2.60. The van der Waals surface area contributed by atoms with Crippen LogP contribution in [-0.4, -0.2) is 27.9 Å². The number of nitro benzene ring substituents is 1. The molecule has 0 aliphatic carbocycles. The molecule has 1 N–H and O–H groups in total. The molecule has 104 valence electrons. The predicted molar refractivity (Wildman–Crippen MR) is 72.9 cm³/mol. The lowest BCUT2D eigenvalue weighted by Crippen LogP contribution is -2.20. The number of rotatable bonds is 3. The summed E-state index contributed by atoms with van der Waals surface area (Å²) < 4.78 is 5.59. The van der Waals surface area contributed by atoms with Crippen molar-refractivity contribution in [3.05, 3.63) is 40.1 Å². The third kappa shape index (κ3) is 2.08. The average Bonchev–Trinajstić information content (AvgIpc) is 3.03. The molecule has 0 radical (unpaired) electrons. The van der Waals surface area contributed by atoms with Crippen LogP contribution in [0.4, 0.5) is 5.69 Å². The van der Waals surface area contributed by atoms with E-state index in [4.69, 9.17) is 4.74 Å². The highest BCUT2D eigenvalue weighted by atomic mass is 16.6. The van der Waals surface area contributed by atoms with Gasteiger partial charge in [0.15, 0.2) is 5.78 Å². The number of fused-ring (bicyclic) bond motifs is 1. The van der Waals surface area contributed by atoms with E-state index < -0.39 is 11.0 Å². The number of aromatic nitrogens is 1. The van der Waals surface area contributed by atoms with E-state index in [1.54, 1.807) is 12.3 Å². The Morgan fingerprint density at radius 3 is 2.90 bits per heavy atom. The van der Waals surface area contributed by atoms with Crippen LogP contribution in [0.15, 0.2) is 24.4 Å². The van der Waals surface area contributed by atoms with Gasteiger partial charge in [0.25, 0.3) is 5.69 Å². The molecular formula is C14H14N2O4. The van der Waals surface area contributed by atoms with Crippen molar-refractivity contribution in [3.63, 3.8) is 0 Å². The summed E-state index contributed by atoms with van der Waals surface area (Å²) in [6.45, 7) is 1.95. The third-order valence-corrected chi connectivity index (χ3v) is 3.67. The molecule has 6 nitrogen and oxygen atoms in total. The summed E-state index contributed by atoms with van der Waals surface area (Å²) in [6.07, 6.45) is 2.90. The van der Waals surface area contributed by atoms with Gasteiger partial charge >= 0.3 is 0 Å². The van der Waals surface area contributed by atoms with Gasteiger partial charge in [0.1, 0.15) is 6.10 Å². The minimum atomic E-state index is -0.455. The summed E-state index contributed by atoms with van der Waals surface area (Å²) in [6, 6.07) is 4.45. The molecule has 2 unspecified atom stereocenters. The number of carbonyl (C=O) groups excluding carboxylic acids is 1. The van der Waals surface area contributed by atoms with Crippen LogP contribution in [0.25, 0.3) is 10.9 Å². The SMILES string of the molecule is CC1CCC(C(=O)c2c[nH]c3cc([N+](=O)[O-])ccc23)O1. The number of ketones is 1. The van der Waals surface area contributed by atoms with Gasteiger partial charge in [-0.25, -0.2) is 0 Å². The van der Waals surface area contributed by atoms with Crippen molar-refractivity contribution in [3.8, 4) is 0 Å². The third-order valence-electron chi connectivity index (χ3n) is 3.67. The van der Waals surface area contributed by atoms with Crippen LogP contribution in [-0.2, 0) is 4.74 Å². The Hall–Kier alpha value is -2.21. The number of carbonyl (C=O) groups is 1. The monoisotopic (exact) mass is 274 g/mol. The smallest absolute Gasteiger partial charge is 0.271 e. The number of ether oxygens (including phenoxy) is 1. The maximum atomic E-state index is 12.4. The second-order valence-electron chi connectivity index (χ2n) is 5.07.